The van der Waals surface area contributed by atoms with Gasteiger partial charge in [-0.15, -0.1) is 0 Å². The molecule has 1 aromatic heterocycles. The van der Waals surface area contributed by atoms with Crippen LogP contribution >= 0.6 is 15.9 Å². The van der Waals surface area contributed by atoms with Gasteiger partial charge in [-0.1, -0.05) is 12.1 Å². The molecule has 1 heterocycles. The quantitative estimate of drug-likeness (QED) is 0.686. The average Bonchev–Trinajstić information content (AvgIpc) is 2.35. The second kappa shape index (κ2) is 2.38. The lowest BCUT2D eigenvalue weighted by Crippen LogP contribution is -1.69. The number of benzene rings is 1. The fraction of sp³-hybridized carbons (Fsp3) is 0.111. The zero-order valence-corrected chi connectivity index (χ0v) is 7.77. The Morgan fingerprint density at radius 2 is 2.18 bits per heavy atom. The monoisotopic (exact) mass is 209 g/mol. The molecule has 1 N–H and O–H groups in total. The predicted molar refractivity (Wildman–Crippen MR) is 50.7 cm³/mol. The summed E-state index contributed by atoms with van der Waals surface area (Å²) in [5.74, 6) is 0. The summed E-state index contributed by atoms with van der Waals surface area (Å²) in [5, 5.41) is 1.29. The summed E-state index contributed by atoms with van der Waals surface area (Å²) < 4.78 is 1.13. The van der Waals surface area contributed by atoms with Crippen LogP contribution in [0.5, 0.6) is 0 Å². The third-order valence-corrected chi connectivity index (χ3v) is 2.53. The largest absolute Gasteiger partial charge is 0.360 e. The second-order valence-electron chi connectivity index (χ2n) is 2.63. The third-order valence-electron chi connectivity index (χ3n) is 1.87. The molecule has 0 aliphatic heterocycles. The molecule has 2 heteroatoms. The van der Waals surface area contributed by atoms with Gasteiger partial charge in [0.15, 0.2) is 0 Å². The summed E-state index contributed by atoms with van der Waals surface area (Å²) in [7, 11) is 0. The van der Waals surface area contributed by atoms with Gasteiger partial charge in [0.05, 0.1) is 5.52 Å². The van der Waals surface area contributed by atoms with Crippen LogP contribution in [0.3, 0.4) is 0 Å². The van der Waals surface area contributed by atoms with E-state index >= 15 is 0 Å². The normalized spacial score (nSPS) is 10.7. The zero-order valence-electron chi connectivity index (χ0n) is 6.19. The third kappa shape index (κ3) is 0.979. The molecule has 0 amide bonds. The first-order valence-electron chi connectivity index (χ1n) is 3.51. The Morgan fingerprint density at radius 3 is 2.91 bits per heavy atom. The maximum atomic E-state index is 3.48. The zero-order chi connectivity index (χ0) is 7.84. The first-order chi connectivity index (χ1) is 5.29. The van der Waals surface area contributed by atoms with Crippen LogP contribution in [0.1, 0.15) is 5.56 Å². The molecule has 0 saturated heterocycles. The van der Waals surface area contributed by atoms with Gasteiger partial charge in [0.1, 0.15) is 0 Å². The van der Waals surface area contributed by atoms with Gasteiger partial charge in [-0.2, -0.15) is 0 Å². The summed E-state index contributed by atoms with van der Waals surface area (Å²) in [6, 6.07) is 6.21. The van der Waals surface area contributed by atoms with Crippen LogP contribution in [0.2, 0.25) is 0 Å². The van der Waals surface area contributed by atoms with E-state index in [9.17, 15) is 0 Å². The van der Waals surface area contributed by atoms with Crippen molar-refractivity contribution in [2.45, 2.75) is 6.92 Å². The first kappa shape index (κ1) is 6.92. The molecule has 0 atom stereocenters. The standard InChI is InChI=1S/C9H8BrN/c1-6-5-11-9-7(6)3-2-4-8(9)10/h2-5,11H,1H3. The van der Waals surface area contributed by atoms with E-state index in [0.717, 1.165) is 4.47 Å². The molecule has 56 valence electrons. The minimum atomic E-state index is 1.13. The van der Waals surface area contributed by atoms with E-state index in [-0.39, 0.29) is 0 Å². The van der Waals surface area contributed by atoms with Gasteiger partial charge in [0, 0.05) is 16.1 Å². The number of aromatic nitrogens is 1. The van der Waals surface area contributed by atoms with Gasteiger partial charge < -0.3 is 4.98 Å². The van der Waals surface area contributed by atoms with Crippen molar-refractivity contribution in [2.75, 3.05) is 0 Å². The number of fused-ring (bicyclic) bond motifs is 1. The molecular formula is C9H8BrN. The highest BCUT2D eigenvalue weighted by atomic mass is 79.9. The molecule has 0 saturated carbocycles. The molecule has 0 aliphatic carbocycles. The number of hydrogen-bond donors (Lipinski definition) is 1. The maximum Gasteiger partial charge on any atom is 0.0601 e. The molecular weight excluding hydrogens is 202 g/mol. The van der Waals surface area contributed by atoms with E-state index in [1.807, 2.05) is 18.3 Å². The lowest BCUT2D eigenvalue weighted by atomic mass is 10.2. The van der Waals surface area contributed by atoms with Crippen LogP contribution in [0.4, 0.5) is 0 Å². The molecule has 2 rings (SSSR count). The van der Waals surface area contributed by atoms with E-state index in [1.54, 1.807) is 0 Å². The molecule has 1 aromatic carbocycles. The SMILES string of the molecule is Cc1c[nH]c2c(Br)cccc12. The van der Waals surface area contributed by atoms with E-state index < -0.39 is 0 Å². The van der Waals surface area contributed by atoms with Crippen molar-refractivity contribution in [1.29, 1.82) is 0 Å². The van der Waals surface area contributed by atoms with Crippen LogP contribution in [-0.2, 0) is 0 Å². The summed E-state index contributed by atoms with van der Waals surface area (Å²) in [5.41, 5.74) is 2.48. The van der Waals surface area contributed by atoms with Crippen molar-refractivity contribution in [3.8, 4) is 0 Å². The molecule has 0 radical (unpaired) electrons. The molecule has 0 bridgehead atoms. The van der Waals surface area contributed by atoms with Crippen LogP contribution in [0, 0.1) is 6.92 Å². The number of H-pyrrole nitrogens is 1. The highest BCUT2D eigenvalue weighted by Gasteiger charge is 2.00. The smallest absolute Gasteiger partial charge is 0.0601 e. The Hall–Kier alpha value is -0.760. The van der Waals surface area contributed by atoms with Crippen molar-refractivity contribution in [1.82, 2.24) is 4.98 Å². The number of aryl methyl sites for hydroxylation is 1. The first-order valence-corrected chi connectivity index (χ1v) is 4.30. The molecule has 2 aromatic rings. The van der Waals surface area contributed by atoms with Gasteiger partial charge in [-0.05, 0) is 34.5 Å². The summed E-state index contributed by atoms with van der Waals surface area (Å²) in [6.07, 6.45) is 2.02. The molecule has 0 fully saturated rings. The van der Waals surface area contributed by atoms with Crippen LogP contribution in [-0.4, -0.2) is 4.98 Å². The number of nitrogens with one attached hydrogen (secondary N) is 1. The van der Waals surface area contributed by atoms with Gasteiger partial charge in [0.2, 0.25) is 0 Å². The molecule has 1 nitrogen and oxygen atoms in total. The van der Waals surface area contributed by atoms with Gasteiger partial charge in [-0.25, -0.2) is 0 Å². The fourth-order valence-electron chi connectivity index (χ4n) is 1.26. The van der Waals surface area contributed by atoms with Crippen LogP contribution < -0.4 is 0 Å². The fourth-order valence-corrected chi connectivity index (χ4v) is 1.74. The molecule has 0 aliphatic rings. The second-order valence-corrected chi connectivity index (χ2v) is 3.49. The Morgan fingerprint density at radius 1 is 1.36 bits per heavy atom. The molecule has 0 spiro atoms. The van der Waals surface area contributed by atoms with E-state index in [2.05, 4.69) is 33.9 Å². The minimum absolute atomic E-state index is 1.13. The topological polar surface area (TPSA) is 15.8 Å². The molecule has 11 heavy (non-hydrogen) atoms. The van der Waals surface area contributed by atoms with Crippen LogP contribution in [0.25, 0.3) is 10.9 Å². The van der Waals surface area contributed by atoms with Crippen molar-refractivity contribution in [2.24, 2.45) is 0 Å². The highest BCUT2D eigenvalue weighted by molar-refractivity contribution is 9.10. The molecule has 0 unspecified atom stereocenters. The summed E-state index contributed by atoms with van der Waals surface area (Å²) in [4.78, 5) is 3.21. The van der Waals surface area contributed by atoms with Gasteiger partial charge in [0.25, 0.3) is 0 Å². The van der Waals surface area contributed by atoms with E-state index in [4.69, 9.17) is 0 Å². The Balaban J connectivity index is 2.94. The van der Waals surface area contributed by atoms with Crippen molar-refractivity contribution in [3.05, 3.63) is 34.4 Å². The maximum absolute atomic E-state index is 3.48. The lowest BCUT2D eigenvalue weighted by molar-refractivity contribution is 1.42. The number of aromatic amines is 1. The summed E-state index contributed by atoms with van der Waals surface area (Å²) >= 11 is 3.48. The Labute approximate surface area is 73.6 Å². The Kier molecular flexibility index (Phi) is 1.50. The predicted octanol–water partition coefficient (Wildman–Crippen LogP) is 3.24. The van der Waals surface area contributed by atoms with E-state index in [1.165, 1.54) is 16.5 Å². The number of rotatable bonds is 0. The van der Waals surface area contributed by atoms with Crippen molar-refractivity contribution in [3.63, 3.8) is 0 Å². The van der Waals surface area contributed by atoms with Crippen LogP contribution in [0.15, 0.2) is 28.9 Å². The lowest BCUT2D eigenvalue weighted by Gasteiger charge is -1.92. The highest BCUT2D eigenvalue weighted by Crippen LogP contribution is 2.24. The number of para-hydroxylation sites is 1. The summed E-state index contributed by atoms with van der Waals surface area (Å²) in [6.45, 7) is 2.10. The van der Waals surface area contributed by atoms with Gasteiger partial charge in [-0.3, -0.25) is 0 Å². The Bertz CT molecular complexity index is 389. The van der Waals surface area contributed by atoms with Gasteiger partial charge >= 0.3 is 0 Å². The van der Waals surface area contributed by atoms with E-state index in [0.29, 0.717) is 0 Å². The average molecular weight is 210 g/mol. The number of halogens is 1. The van der Waals surface area contributed by atoms with Crippen molar-refractivity contribution >= 4 is 26.8 Å². The minimum Gasteiger partial charge on any atom is -0.360 e. The van der Waals surface area contributed by atoms with Crippen molar-refractivity contribution < 1.29 is 0 Å². The number of hydrogen-bond acceptors (Lipinski definition) is 0.